The molecule has 4 amide bonds. The molecular formula is C52H54N6O8. The van der Waals surface area contributed by atoms with Crippen LogP contribution in [-0.2, 0) is 30.0 Å². The van der Waals surface area contributed by atoms with Gasteiger partial charge in [0.05, 0.1) is 28.4 Å². The molecule has 2 N–H and O–H groups in total. The van der Waals surface area contributed by atoms with Crippen molar-refractivity contribution in [3.05, 3.63) is 69.6 Å². The van der Waals surface area contributed by atoms with E-state index in [9.17, 15) is 5.21 Å². The fourth-order valence-corrected chi connectivity index (χ4v) is 18.4. The lowest BCUT2D eigenvalue weighted by Gasteiger charge is -2.74. The number of hydrogen-bond donors (Lipinski definition) is 2. The Bertz CT molecular complexity index is 3140. The van der Waals surface area contributed by atoms with Gasteiger partial charge in [-0.3, -0.25) is 19.2 Å². The quantitative estimate of drug-likeness (QED) is 0.135. The molecule has 12 heterocycles. The highest BCUT2D eigenvalue weighted by Gasteiger charge is 2.99. The summed E-state index contributed by atoms with van der Waals surface area (Å²) in [7, 11) is 0. The number of amides is 4. The Hall–Kier alpha value is -5.79. The van der Waals surface area contributed by atoms with Crippen molar-refractivity contribution < 1.29 is 38.6 Å². The van der Waals surface area contributed by atoms with E-state index in [0.717, 1.165) is 4.74 Å². The molecule has 1 aromatic heterocycles. The van der Waals surface area contributed by atoms with Gasteiger partial charge in [-0.1, -0.05) is 20.8 Å². The van der Waals surface area contributed by atoms with Crippen LogP contribution in [0.4, 0.5) is 5.69 Å². The highest BCUT2D eigenvalue weighted by molar-refractivity contribution is 6.16. The van der Waals surface area contributed by atoms with Gasteiger partial charge in [-0.15, -0.1) is 0 Å². The Morgan fingerprint density at radius 2 is 1.50 bits per heavy atom. The molecule has 1 saturated carbocycles. The van der Waals surface area contributed by atoms with Gasteiger partial charge in [-0.05, 0) is 126 Å². The first-order valence-electron chi connectivity index (χ1n) is 24.2. The number of rotatable bonds is 1. The zero-order chi connectivity index (χ0) is 45.8. The van der Waals surface area contributed by atoms with E-state index >= 15 is 24.4 Å². The van der Waals surface area contributed by atoms with E-state index in [0.29, 0.717) is 113 Å². The summed E-state index contributed by atoms with van der Waals surface area (Å²) < 4.78 is 15.4. The second-order valence-electron chi connectivity index (χ2n) is 23.8. The SMILES string of the molecule is CC1=[N+]([O-])c2c(ccc3c2C=CC(C)(C)O3)C12C(C13NC(=O)[C@]45CCCN4C(=O)[C@]15CC3C)N1C(=O)C34CCCN3C(=O)[C@@]13C(C4)C(C)(C)c1c(c4ccc5c(c4n1O)C=CC(C)(C)O5)[C@H]23. The summed E-state index contributed by atoms with van der Waals surface area (Å²) in [6.45, 7) is 16.9. The summed E-state index contributed by atoms with van der Waals surface area (Å²) in [5.74, 6) is -1.30. The standard InChI is InChI=1S/C52H54N6O8/c1-25-23-48-42(61)55-22-10-18-49(48,55)40(59)53-52(25,48)39-50(26(2)57(63)36-28-16-20-45(5,6)66-32(28)14-12-30(36)50)37-34-29-11-13-31-27(15-19-44(3,4)65-31)35(29)58(64)38(34)46(7,8)33-24-47-17-9-21-54(47)43(62)51(33,37)56(39)41(47)60/h11-16,19-20,25,33,37,39,64H,9-10,17-18,21-24H2,1-8H3,(H,53,59)/t25?,33?,37-,39?,47?,48+,49+,50?,51+,52?/m1/s1. The van der Waals surface area contributed by atoms with Gasteiger partial charge in [0.1, 0.15) is 50.1 Å². The molecule has 13 aliphatic rings. The van der Waals surface area contributed by atoms with Gasteiger partial charge in [0.25, 0.3) is 0 Å². The summed E-state index contributed by atoms with van der Waals surface area (Å²) >= 11 is 0. The normalized spacial score (nSPS) is 41.9. The minimum absolute atomic E-state index is 0.0923. The van der Waals surface area contributed by atoms with Crippen molar-refractivity contribution in [2.45, 2.75) is 150 Å². The minimum Gasteiger partial charge on any atom is -0.618 e. The minimum atomic E-state index is -1.61. The molecule has 340 valence electrons. The molecule has 9 fully saturated rings. The van der Waals surface area contributed by atoms with Crippen LogP contribution in [-0.4, -0.2) is 111 Å². The van der Waals surface area contributed by atoms with E-state index in [2.05, 4.69) is 26.1 Å². The third kappa shape index (κ3) is 3.22. The fraction of sp³-hybridized carbons (Fsp3) is 0.558. The first-order chi connectivity index (χ1) is 31.2. The number of hydrogen-bond acceptors (Lipinski definition) is 8. The van der Waals surface area contributed by atoms with Gasteiger partial charge >= 0.3 is 0 Å². The Labute approximate surface area is 381 Å². The van der Waals surface area contributed by atoms with Crippen molar-refractivity contribution in [3.8, 4) is 11.5 Å². The molecule has 66 heavy (non-hydrogen) atoms. The molecule has 2 bridgehead atoms. The number of fused-ring (bicyclic) bond motifs is 11. The Balaban J connectivity index is 1.14. The number of carbonyl (C=O) groups excluding carboxylic acids is 4. The van der Waals surface area contributed by atoms with Crippen LogP contribution in [0.2, 0.25) is 0 Å². The van der Waals surface area contributed by atoms with Gasteiger partial charge in [0, 0.05) is 53.8 Å². The van der Waals surface area contributed by atoms with Crippen LogP contribution < -0.4 is 14.8 Å². The zero-order valence-corrected chi connectivity index (χ0v) is 38.6. The topological polar surface area (TPSA) is 160 Å². The lowest BCUT2D eigenvalue weighted by Crippen LogP contribution is -2.92. The van der Waals surface area contributed by atoms with Crippen molar-refractivity contribution in [1.29, 1.82) is 0 Å². The molecular weight excluding hydrogens is 837 g/mol. The first kappa shape index (κ1) is 38.3. The smallest absolute Gasteiger partial charge is 0.250 e. The Kier molecular flexibility index (Phi) is 6.01. The zero-order valence-electron chi connectivity index (χ0n) is 38.6. The molecule has 14 heteroatoms. The molecule has 16 rings (SSSR count). The maximum atomic E-state index is 16.8. The number of carbonyl (C=O) groups is 4. The van der Waals surface area contributed by atoms with Crippen LogP contribution in [0.3, 0.4) is 0 Å². The molecule has 8 saturated heterocycles. The highest BCUT2D eigenvalue weighted by Crippen LogP contribution is 2.83. The number of nitrogens with one attached hydrogen (secondary N) is 1. The first-order valence-corrected chi connectivity index (χ1v) is 24.2. The Morgan fingerprint density at radius 1 is 0.833 bits per heavy atom. The summed E-state index contributed by atoms with van der Waals surface area (Å²) in [5, 5.41) is 33.4. The van der Waals surface area contributed by atoms with Crippen molar-refractivity contribution in [2.75, 3.05) is 13.1 Å². The molecule has 0 radical (unpaired) electrons. The number of nitrogens with zero attached hydrogens (tertiary/aromatic N) is 5. The molecule has 2 aliphatic carbocycles. The molecule has 2 aromatic carbocycles. The van der Waals surface area contributed by atoms with Gasteiger partial charge in [0.15, 0.2) is 5.71 Å². The molecule has 6 unspecified atom stereocenters. The summed E-state index contributed by atoms with van der Waals surface area (Å²) in [4.78, 5) is 69.7. The number of piperidine rings is 2. The summed E-state index contributed by atoms with van der Waals surface area (Å²) in [6.07, 6.45) is 11.0. The van der Waals surface area contributed by atoms with E-state index in [1.807, 2.05) is 93.0 Å². The molecule has 5 spiro atoms. The van der Waals surface area contributed by atoms with Crippen LogP contribution in [0.1, 0.15) is 128 Å². The van der Waals surface area contributed by atoms with Crippen molar-refractivity contribution in [1.82, 2.24) is 24.7 Å². The van der Waals surface area contributed by atoms with Crippen LogP contribution in [0, 0.1) is 22.5 Å². The fourth-order valence-electron chi connectivity index (χ4n) is 18.4. The van der Waals surface area contributed by atoms with Gasteiger partial charge in [-0.2, -0.15) is 9.47 Å². The highest BCUT2D eigenvalue weighted by atomic mass is 16.5. The lowest BCUT2D eigenvalue weighted by molar-refractivity contribution is -0.359. The second-order valence-corrected chi connectivity index (χ2v) is 23.8. The maximum Gasteiger partial charge on any atom is 0.250 e. The van der Waals surface area contributed by atoms with Crippen molar-refractivity contribution >= 4 is 58.1 Å². The van der Waals surface area contributed by atoms with Gasteiger partial charge in [0.2, 0.25) is 29.3 Å². The van der Waals surface area contributed by atoms with Crippen LogP contribution >= 0.6 is 0 Å². The van der Waals surface area contributed by atoms with E-state index < -0.39 is 67.5 Å². The average molecular weight is 891 g/mol. The van der Waals surface area contributed by atoms with E-state index in [-0.39, 0.29) is 29.5 Å². The number of aromatic nitrogens is 1. The average Bonchev–Trinajstić information content (AvgIpc) is 4.07. The number of β-lactam (4-membered cyclic amide) rings is 1. The third-order valence-electron chi connectivity index (χ3n) is 20.4. The van der Waals surface area contributed by atoms with Crippen LogP contribution in [0.5, 0.6) is 11.5 Å². The maximum absolute atomic E-state index is 16.8. The largest absolute Gasteiger partial charge is 0.618 e. The molecule has 10 atom stereocenters. The third-order valence-corrected chi connectivity index (χ3v) is 20.4. The lowest BCUT2D eigenvalue weighted by atomic mass is 9.35. The predicted molar refractivity (Wildman–Crippen MR) is 240 cm³/mol. The van der Waals surface area contributed by atoms with Crippen molar-refractivity contribution in [2.24, 2.45) is 17.3 Å². The monoisotopic (exact) mass is 890 g/mol. The van der Waals surface area contributed by atoms with E-state index in [4.69, 9.17) is 9.47 Å². The summed E-state index contributed by atoms with van der Waals surface area (Å²) in [5.41, 5.74) is -5.67. The van der Waals surface area contributed by atoms with E-state index in [1.54, 1.807) is 4.90 Å². The van der Waals surface area contributed by atoms with Gasteiger partial charge in [-0.25, -0.2) is 0 Å². The molecule has 11 aliphatic heterocycles. The number of ether oxygens (including phenoxy) is 2. The van der Waals surface area contributed by atoms with Gasteiger partial charge < -0.3 is 39.9 Å². The van der Waals surface area contributed by atoms with Crippen LogP contribution in [0.25, 0.3) is 23.1 Å². The number of piperazine rings is 1. The predicted octanol–water partition coefficient (Wildman–Crippen LogP) is 5.79. The summed E-state index contributed by atoms with van der Waals surface area (Å²) in [6, 6.07) is 6.72. The van der Waals surface area contributed by atoms with Crippen LogP contribution in [0.15, 0.2) is 36.4 Å². The van der Waals surface area contributed by atoms with Crippen molar-refractivity contribution in [3.63, 3.8) is 0 Å². The van der Waals surface area contributed by atoms with E-state index in [1.165, 1.54) is 4.73 Å². The number of benzene rings is 2. The molecule has 14 nitrogen and oxygen atoms in total. The Morgan fingerprint density at radius 3 is 2.23 bits per heavy atom. The molecule has 3 aromatic rings. The second kappa shape index (κ2) is 10.4.